The number of amidine groups is 1. The summed E-state index contributed by atoms with van der Waals surface area (Å²) in [5, 5.41) is 15.9. The molecule has 1 fully saturated rings. The van der Waals surface area contributed by atoms with E-state index >= 15 is 0 Å². The highest BCUT2D eigenvalue weighted by Crippen LogP contribution is 2.28. The third-order valence-corrected chi connectivity index (χ3v) is 4.67. The Morgan fingerprint density at radius 3 is 2.67 bits per heavy atom. The summed E-state index contributed by atoms with van der Waals surface area (Å²) in [6.45, 7) is 1.57. The number of halogens is 1. The second kappa shape index (κ2) is 8.01. The summed E-state index contributed by atoms with van der Waals surface area (Å²) in [5.74, 6) is -0.358. The van der Waals surface area contributed by atoms with Crippen LogP contribution in [0.2, 0.25) is 0 Å². The zero-order valence-electron chi connectivity index (χ0n) is 14.8. The van der Waals surface area contributed by atoms with Crippen molar-refractivity contribution < 1.29 is 4.39 Å². The van der Waals surface area contributed by atoms with Crippen molar-refractivity contribution in [2.24, 2.45) is 10.7 Å². The van der Waals surface area contributed by atoms with Gasteiger partial charge in [0.25, 0.3) is 5.56 Å². The van der Waals surface area contributed by atoms with Crippen LogP contribution in [0, 0.1) is 17.1 Å². The van der Waals surface area contributed by atoms with Crippen LogP contribution in [-0.2, 0) is 0 Å². The van der Waals surface area contributed by atoms with E-state index in [1.807, 2.05) is 0 Å². The van der Waals surface area contributed by atoms with Gasteiger partial charge in [-0.25, -0.2) is 9.38 Å². The molecule has 0 aliphatic carbocycles. The fourth-order valence-corrected chi connectivity index (χ4v) is 3.24. The maximum atomic E-state index is 13.1. The molecule has 5 N–H and O–H groups in total. The Kier molecular flexibility index (Phi) is 5.52. The van der Waals surface area contributed by atoms with Gasteiger partial charge in [0, 0.05) is 6.20 Å². The number of piperidine rings is 1. The first-order chi connectivity index (χ1) is 13.0. The molecule has 1 aliphatic rings. The number of aromatic amines is 1. The highest BCUT2D eigenvalue weighted by atomic mass is 19.1. The van der Waals surface area contributed by atoms with Crippen LogP contribution in [0.15, 0.2) is 46.3 Å². The number of nitrogens with zero attached hydrogens (tertiary/aromatic N) is 2. The van der Waals surface area contributed by atoms with Crippen molar-refractivity contribution in [3.63, 3.8) is 0 Å². The first kappa shape index (κ1) is 18.6. The average molecular weight is 368 g/mol. The van der Waals surface area contributed by atoms with E-state index < -0.39 is 5.54 Å². The fraction of sp³-hybridized carbons (Fsp3) is 0.316. The van der Waals surface area contributed by atoms with Gasteiger partial charge in [-0.15, -0.1) is 0 Å². The van der Waals surface area contributed by atoms with E-state index in [0.717, 1.165) is 25.9 Å². The van der Waals surface area contributed by atoms with Crippen LogP contribution in [0.1, 0.15) is 24.8 Å². The average Bonchev–Trinajstić information content (AvgIpc) is 2.64. The number of rotatable bonds is 5. The van der Waals surface area contributed by atoms with Gasteiger partial charge in [-0.3, -0.25) is 4.79 Å². The van der Waals surface area contributed by atoms with Crippen LogP contribution >= 0.6 is 0 Å². The van der Waals surface area contributed by atoms with Gasteiger partial charge in [-0.1, -0.05) is 0 Å². The maximum Gasteiger partial charge on any atom is 0.261 e. The number of anilines is 1. The van der Waals surface area contributed by atoms with E-state index in [2.05, 4.69) is 26.7 Å². The molecule has 140 valence electrons. The zero-order chi connectivity index (χ0) is 19.3. The van der Waals surface area contributed by atoms with Crippen LogP contribution in [-0.4, -0.2) is 29.4 Å². The topological polar surface area (TPSA) is 119 Å². The van der Waals surface area contributed by atoms with E-state index in [0.29, 0.717) is 17.8 Å². The largest absolute Gasteiger partial charge is 0.383 e. The Labute approximate surface area is 156 Å². The van der Waals surface area contributed by atoms with Crippen LogP contribution in [0.3, 0.4) is 0 Å². The number of hydrogen-bond donors (Lipinski definition) is 4. The SMILES string of the molecule is N#CCC1(Nc2cc[nH]c(=O)c2C(N)=Nc2ccc(F)cc2)CCNCC1. The molecule has 8 heteroatoms. The highest BCUT2D eigenvalue weighted by Gasteiger charge is 2.32. The molecule has 1 aliphatic heterocycles. The second-order valence-corrected chi connectivity index (χ2v) is 6.56. The molecule has 0 radical (unpaired) electrons. The van der Waals surface area contributed by atoms with Gasteiger partial charge in [-0.2, -0.15) is 5.26 Å². The van der Waals surface area contributed by atoms with Crippen LogP contribution in [0.5, 0.6) is 0 Å². The van der Waals surface area contributed by atoms with Crippen LogP contribution < -0.4 is 21.9 Å². The lowest BCUT2D eigenvalue weighted by molar-refractivity contribution is 0.343. The Balaban J connectivity index is 1.98. The van der Waals surface area contributed by atoms with Crippen molar-refractivity contribution in [1.82, 2.24) is 10.3 Å². The summed E-state index contributed by atoms with van der Waals surface area (Å²) >= 11 is 0. The maximum absolute atomic E-state index is 13.1. The highest BCUT2D eigenvalue weighted by molar-refractivity contribution is 6.03. The predicted octanol–water partition coefficient (Wildman–Crippen LogP) is 2.00. The number of H-pyrrole nitrogens is 1. The first-order valence-electron chi connectivity index (χ1n) is 8.71. The molecule has 0 spiro atoms. The minimum absolute atomic E-state index is 0.0204. The Morgan fingerprint density at radius 2 is 2.00 bits per heavy atom. The third kappa shape index (κ3) is 4.33. The summed E-state index contributed by atoms with van der Waals surface area (Å²) in [6, 6.07) is 9.46. The summed E-state index contributed by atoms with van der Waals surface area (Å²) in [7, 11) is 0. The summed E-state index contributed by atoms with van der Waals surface area (Å²) < 4.78 is 13.1. The molecule has 7 nitrogen and oxygen atoms in total. The number of nitrogens with two attached hydrogens (primary N) is 1. The third-order valence-electron chi connectivity index (χ3n) is 4.67. The number of aromatic nitrogens is 1. The van der Waals surface area contributed by atoms with Crippen molar-refractivity contribution in [3.8, 4) is 6.07 Å². The van der Waals surface area contributed by atoms with Gasteiger partial charge in [0.1, 0.15) is 17.2 Å². The van der Waals surface area contributed by atoms with Gasteiger partial charge in [0.2, 0.25) is 0 Å². The minimum atomic E-state index is -0.432. The molecule has 0 amide bonds. The fourth-order valence-electron chi connectivity index (χ4n) is 3.24. The van der Waals surface area contributed by atoms with E-state index in [1.165, 1.54) is 30.5 Å². The van der Waals surface area contributed by atoms with Crippen LogP contribution in [0.25, 0.3) is 0 Å². The van der Waals surface area contributed by atoms with Crippen molar-refractivity contribution >= 4 is 17.2 Å². The van der Waals surface area contributed by atoms with Crippen molar-refractivity contribution in [1.29, 1.82) is 5.26 Å². The van der Waals surface area contributed by atoms with Gasteiger partial charge < -0.3 is 21.4 Å². The number of benzene rings is 1. The molecular formula is C19H21FN6O. The minimum Gasteiger partial charge on any atom is -0.383 e. The molecule has 0 unspecified atom stereocenters. The summed E-state index contributed by atoms with van der Waals surface area (Å²) in [4.78, 5) is 19.3. The van der Waals surface area contributed by atoms with E-state index in [1.54, 1.807) is 6.07 Å². The molecule has 3 rings (SSSR count). The Bertz CT molecular complexity index is 922. The second-order valence-electron chi connectivity index (χ2n) is 6.56. The molecule has 1 aromatic heterocycles. The zero-order valence-corrected chi connectivity index (χ0v) is 14.8. The number of pyridine rings is 1. The quantitative estimate of drug-likeness (QED) is 0.475. The van der Waals surface area contributed by atoms with Crippen LogP contribution in [0.4, 0.5) is 15.8 Å². The van der Waals surface area contributed by atoms with Crippen molar-refractivity contribution in [3.05, 3.63) is 58.3 Å². The number of nitriles is 1. The lowest BCUT2D eigenvalue weighted by Crippen LogP contribution is -2.48. The van der Waals surface area contributed by atoms with Gasteiger partial charge in [0.05, 0.1) is 29.4 Å². The summed E-state index contributed by atoms with van der Waals surface area (Å²) in [5.41, 5.74) is 6.47. The van der Waals surface area contributed by atoms with E-state index in [-0.39, 0.29) is 22.8 Å². The number of aliphatic imine (C=N–C) groups is 1. The van der Waals surface area contributed by atoms with Crippen molar-refractivity contribution in [2.75, 3.05) is 18.4 Å². The Hall–Kier alpha value is -3.18. The molecular weight excluding hydrogens is 347 g/mol. The van der Waals surface area contributed by atoms with E-state index in [9.17, 15) is 14.4 Å². The van der Waals surface area contributed by atoms with Crippen molar-refractivity contribution in [2.45, 2.75) is 24.8 Å². The molecule has 2 heterocycles. The molecule has 27 heavy (non-hydrogen) atoms. The molecule has 1 saturated heterocycles. The lowest BCUT2D eigenvalue weighted by atomic mass is 9.85. The molecule has 0 saturated carbocycles. The van der Waals surface area contributed by atoms with Gasteiger partial charge >= 0.3 is 0 Å². The first-order valence-corrected chi connectivity index (χ1v) is 8.71. The standard InChI is InChI=1S/C19H21FN6O/c20-13-1-3-14(4-2-13)25-17(22)16-15(5-10-24-18(16)27)26-19(6-9-21)7-11-23-12-8-19/h1-5,10,23H,6-8,11-12H2,(H2,22,25)(H2,24,26,27). The van der Waals surface area contributed by atoms with E-state index in [4.69, 9.17) is 5.73 Å². The number of hydrogen-bond acceptors (Lipinski definition) is 5. The number of nitrogens with one attached hydrogen (secondary N) is 3. The lowest BCUT2D eigenvalue weighted by Gasteiger charge is -2.38. The monoisotopic (exact) mass is 368 g/mol. The van der Waals surface area contributed by atoms with Gasteiger partial charge in [-0.05, 0) is 56.3 Å². The molecule has 1 aromatic carbocycles. The molecule has 0 atom stereocenters. The predicted molar refractivity (Wildman–Crippen MR) is 103 cm³/mol. The molecule has 2 aromatic rings. The Morgan fingerprint density at radius 1 is 1.30 bits per heavy atom. The van der Waals surface area contributed by atoms with Gasteiger partial charge in [0.15, 0.2) is 0 Å². The smallest absolute Gasteiger partial charge is 0.261 e. The summed E-state index contributed by atoms with van der Waals surface area (Å²) in [6.07, 6.45) is 3.35. The molecule has 0 bridgehead atoms. The normalized spacial score (nSPS) is 16.5.